The molecule has 4 fully saturated rings. The van der Waals surface area contributed by atoms with Gasteiger partial charge in [0.05, 0.1) is 80.3 Å². The molecular weight excluding hydrogens is 1850 g/mol. The van der Waals surface area contributed by atoms with E-state index in [1.807, 2.05) is 0 Å². The van der Waals surface area contributed by atoms with E-state index in [-0.39, 0.29) is 180 Å². The Morgan fingerprint density at radius 3 is 0.848 bits per heavy atom. The Balaban J connectivity index is 0.000000143. The number of fused-ring (bicyclic) bond motifs is 12. The first-order valence-electron chi connectivity index (χ1n) is 39.6. The van der Waals surface area contributed by atoms with Gasteiger partial charge < -0.3 is 34.9 Å². The fourth-order valence-corrected chi connectivity index (χ4v) is 30.8. The van der Waals surface area contributed by atoms with E-state index >= 15 is 17.6 Å². The Bertz CT molecular complexity index is 6240. The third-order valence-corrected chi connectivity index (χ3v) is 38.2. The predicted octanol–water partition coefficient (Wildman–Crippen LogP) is 15.3. The highest BCUT2D eigenvalue weighted by molar-refractivity contribution is 7.93. The van der Waals surface area contributed by atoms with Crippen LogP contribution in [-0.2, 0) is 83.2 Å². The number of hydrogen-bond donors (Lipinski definition) is 5. The van der Waals surface area contributed by atoms with Crippen LogP contribution in [-0.4, -0.2) is 132 Å². The number of sulfonamides is 2. The Hall–Kier alpha value is -8.08. The number of amides is 3. The smallest absolute Gasteiger partial charge is 0.314 e. The number of hydrogen-bond acceptors (Lipinski definition) is 18. The summed E-state index contributed by atoms with van der Waals surface area (Å²) in [5.41, 5.74) is -1.22. The van der Waals surface area contributed by atoms with Gasteiger partial charge in [-0.25, -0.2) is 99.9 Å². The van der Waals surface area contributed by atoms with Crippen molar-refractivity contribution in [2.24, 2.45) is 23.7 Å². The summed E-state index contributed by atoms with van der Waals surface area (Å²) < 4.78 is 298. The van der Waals surface area contributed by atoms with Gasteiger partial charge in [0.1, 0.15) is 42.3 Å². The fraction of sp³-hybridized carbons (Fsp3) is 0.405. The van der Waals surface area contributed by atoms with Crippen LogP contribution in [0.4, 0.5) is 39.9 Å². The number of ether oxygens (including phenoxy) is 4. The summed E-state index contributed by atoms with van der Waals surface area (Å²) in [5, 5.41) is 9.67. The molecular formula is C84H85Cl4F8N5O18S6. The molecule has 16 rings (SSSR count). The molecule has 4 aliphatic heterocycles. The molecule has 0 saturated heterocycles. The third-order valence-electron chi connectivity index (χ3n) is 24.6. The predicted molar refractivity (Wildman–Crippen MR) is 450 cm³/mol. The minimum absolute atomic E-state index is 0.00354. The van der Waals surface area contributed by atoms with E-state index in [9.17, 15) is 77.7 Å². The molecule has 0 radical (unpaired) electrons. The highest BCUT2D eigenvalue weighted by Crippen LogP contribution is 2.62. The van der Waals surface area contributed by atoms with E-state index in [1.54, 1.807) is 6.92 Å². The first-order valence-corrected chi connectivity index (χ1v) is 50.6. The molecule has 12 atom stereocenters. The van der Waals surface area contributed by atoms with Crippen LogP contribution in [0.3, 0.4) is 0 Å². The third kappa shape index (κ3) is 17.7. The summed E-state index contributed by atoms with van der Waals surface area (Å²) in [6, 6.07) is 27.5. The zero-order valence-electron chi connectivity index (χ0n) is 67.0. The molecule has 8 aromatic rings. The number of carbonyl (C=O) groups is 2. The van der Waals surface area contributed by atoms with Gasteiger partial charge in [0, 0.05) is 81.4 Å². The molecule has 125 heavy (non-hydrogen) atoms. The highest BCUT2D eigenvalue weighted by Gasteiger charge is 2.65. The van der Waals surface area contributed by atoms with Crippen LogP contribution in [0.25, 0.3) is 0 Å². The summed E-state index contributed by atoms with van der Waals surface area (Å²) >= 11 is 23.7. The van der Waals surface area contributed by atoms with Gasteiger partial charge in [0.15, 0.2) is 85.6 Å². The number of rotatable bonds is 16. The standard InChI is InChI=1S/C22H23ClF2N2O4S.C21H22ClF2NO5S2.C21H20ClF2NO4S.C20H20ClF2NO5S2/c1-2-26-21(28)27-15-9-10-22(32(29,30)16-5-3-14(23)4-6-16)13(11-15)12-31-20-18(25)8-7-17(24)19(20)22;1-2-31(26,27)25-15-9-10-21(32(28,29)16-5-3-14(22)4-6-16)13(11-15)12-30-20-18(24)8-7-17(23)19(20)21;1-12(26)25-15-8-9-21(30(27,28)16-4-2-14(22)3-5-16)13(10-15)11-29-20-18(24)7-6-17(23)19(20)21;1-30(25,26)24-14-8-9-20(31(27,28)15-4-2-13(21)3-5-15)12(10-14)11-29-19-17(23)7-6-16(22)18(19)20/h3-8,13,15H,2,9-12H2,1H3,(H2,26,27,28);3-8,13,15,25H,2,9-12H2,1H3;2-7,13,15H,8-11H2,1H3,(H,25,26);2-7,12,14,24H,8-11H2,1H3/t13-,15-,22+;2*13-,15-,21+;12-,14-,20+/m1111/s1. The molecule has 8 aliphatic rings. The maximum absolute atomic E-state index is 15.2. The molecule has 41 heteroatoms. The van der Waals surface area contributed by atoms with E-state index in [1.165, 1.54) is 111 Å². The molecule has 0 aromatic heterocycles. The van der Waals surface area contributed by atoms with E-state index in [0.29, 0.717) is 33.1 Å². The zero-order chi connectivity index (χ0) is 90.7. The second kappa shape index (κ2) is 36.5. The minimum Gasteiger partial charge on any atom is -0.490 e. The number of halogens is 12. The number of carbonyl (C=O) groups excluding carboxylic acids is 2. The largest absolute Gasteiger partial charge is 0.490 e. The zero-order valence-corrected chi connectivity index (χ0v) is 75.0. The number of nitrogens with one attached hydrogen (secondary N) is 5. The normalized spacial score (nSPS) is 25.4. The van der Waals surface area contributed by atoms with Crippen LogP contribution in [0.15, 0.2) is 165 Å². The van der Waals surface area contributed by atoms with Crippen LogP contribution in [0, 0.1) is 70.2 Å². The molecule has 0 unspecified atom stereocenters. The second-order valence-electron chi connectivity index (χ2n) is 31.9. The van der Waals surface area contributed by atoms with Crippen molar-refractivity contribution >= 4 is 118 Å². The maximum Gasteiger partial charge on any atom is 0.314 e. The van der Waals surface area contributed by atoms with Crippen LogP contribution < -0.4 is 44.3 Å². The first-order chi connectivity index (χ1) is 58.8. The number of benzene rings is 8. The monoisotopic (exact) mass is 1940 g/mol. The SMILES string of the molecule is CC(=O)N[C@@H]1CC[C@@]2(S(=O)(=O)c3ccc(Cl)cc3)c3c(F)ccc(F)c3OC[C@H]2C1.CCNC(=O)N[C@@H]1CC[C@@]2(S(=O)(=O)c3ccc(Cl)cc3)c3c(F)ccc(F)c3OC[C@H]2C1.CCS(=O)(=O)N[C@@H]1CC[C@@]2(S(=O)(=O)c3ccc(Cl)cc3)c3c(F)ccc(F)c3OC[C@H]2C1.CS(=O)(=O)N[C@@H]1CC[C@@]2(S(=O)(=O)c3ccc(Cl)cc3)c3c(F)ccc(F)c3OC[C@H]2C1. The van der Waals surface area contributed by atoms with Crippen LogP contribution in [0.1, 0.15) is 120 Å². The average molecular weight is 1940 g/mol. The molecule has 0 spiro atoms. The van der Waals surface area contributed by atoms with Crippen molar-refractivity contribution in [2.75, 3.05) is 45.0 Å². The molecule has 5 N–H and O–H groups in total. The molecule has 4 aliphatic carbocycles. The van der Waals surface area contributed by atoms with Crippen LogP contribution in [0.2, 0.25) is 20.1 Å². The highest BCUT2D eigenvalue weighted by atomic mass is 35.5. The van der Waals surface area contributed by atoms with Crippen molar-refractivity contribution in [3.05, 3.63) is 234 Å². The van der Waals surface area contributed by atoms with Gasteiger partial charge in [-0.1, -0.05) is 46.4 Å². The Labute approximate surface area is 738 Å². The van der Waals surface area contributed by atoms with Crippen molar-refractivity contribution < 1.29 is 114 Å². The van der Waals surface area contributed by atoms with Crippen molar-refractivity contribution in [1.29, 1.82) is 0 Å². The molecule has 4 heterocycles. The molecule has 3 amide bonds. The fourth-order valence-electron chi connectivity index (χ4n) is 19.2. The van der Waals surface area contributed by atoms with Gasteiger partial charge in [-0.15, -0.1) is 0 Å². The van der Waals surface area contributed by atoms with Gasteiger partial charge in [0.25, 0.3) is 0 Å². The van der Waals surface area contributed by atoms with Crippen molar-refractivity contribution in [3.63, 3.8) is 0 Å². The van der Waals surface area contributed by atoms with Crippen molar-refractivity contribution in [3.8, 4) is 23.0 Å². The topological polar surface area (TPSA) is 336 Å². The summed E-state index contributed by atoms with van der Waals surface area (Å²) in [4.78, 5) is 23.3. The van der Waals surface area contributed by atoms with Crippen molar-refractivity contribution in [2.45, 2.75) is 161 Å². The minimum atomic E-state index is -4.25. The van der Waals surface area contributed by atoms with Gasteiger partial charge in [-0.3, -0.25) is 4.79 Å². The van der Waals surface area contributed by atoms with E-state index in [4.69, 9.17) is 65.4 Å². The lowest BCUT2D eigenvalue weighted by Crippen LogP contribution is -2.56. The molecule has 8 aromatic carbocycles. The Morgan fingerprint density at radius 1 is 0.360 bits per heavy atom. The quantitative estimate of drug-likeness (QED) is 0.0561. The molecule has 674 valence electrons. The number of urea groups is 1. The van der Waals surface area contributed by atoms with Gasteiger partial charge in [-0.2, -0.15) is 0 Å². The number of sulfone groups is 4. The van der Waals surface area contributed by atoms with Gasteiger partial charge in [-0.05, 0) is 236 Å². The Kier molecular flexibility index (Phi) is 27.6. The lowest BCUT2D eigenvalue weighted by atomic mass is 9.71. The summed E-state index contributed by atoms with van der Waals surface area (Å²) in [7, 11) is -23.9. The van der Waals surface area contributed by atoms with Gasteiger partial charge in [0.2, 0.25) is 26.0 Å². The Morgan fingerprint density at radius 2 is 0.600 bits per heavy atom. The van der Waals surface area contributed by atoms with Crippen molar-refractivity contribution in [1.82, 2.24) is 25.4 Å². The molecule has 4 saturated carbocycles. The summed E-state index contributed by atoms with van der Waals surface area (Å²) in [6.45, 7) is 4.51. The first kappa shape index (κ1) is 94.5. The second-order valence-corrected chi connectivity index (χ2v) is 46.2. The molecule has 23 nitrogen and oxygen atoms in total. The average Bonchev–Trinajstić information content (AvgIpc) is 0.715. The maximum atomic E-state index is 15.2. The molecule has 0 bridgehead atoms. The summed E-state index contributed by atoms with van der Waals surface area (Å²) in [6.07, 6.45) is 2.36. The summed E-state index contributed by atoms with van der Waals surface area (Å²) in [5.74, 6) is -11.6. The lowest BCUT2D eigenvalue weighted by Gasteiger charge is -2.49. The van der Waals surface area contributed by atoms with Crippen LogP contribution >= 0.6 is 46.4 Å². The lowest BCUT2D eigenvalue weighted by molar-refractivity contribution is -0.120. The van der Waals surface area contributed by atoms with E-state index in [0.717, 1.165) is 54.8 Å². The van der Waals surface area contributed by atoms with Gasteiger partial charge >= 0.3 is 6.03 Å². The van der Waals surface area contributed by atoms with E-state index in [2.05, 4.69) is 25.4 Å². The van der Waals surface area contributed by atoms with Crippen LogP contribution in [0.5, 0.6) is 23.0 Å². The van der Waals surface area contributed by atoms with E-state index < -0.39 is 172 Å².